The first kappa shape index (κ1) is 56.8. The molecule has 0 radical (unpaired) electrons. The standard InChI is InChI=1S/2C31H35.C2H6Si.2ClH.Zr/c2*1-6-7-8-9-10-25-19-30-28(26-15-21(2)13-22(3)16-26)11-12-29(31(30)20-25)27-17-23(4)14-24(5)18-27;1-3-2;;;/h2*11-20H,6-10H2,1-5H3;1-2H3;2*1H;/q2*-1;;;;+2/p-2. The van der Waals surface area contributed by atoms with Crippen molar-refractivity contribution < 1.29 is 48.1 Å². The summed E-state index contributed by atoms with van der Waals surface area (Å²) >= 11 is 1.74. The molecule has 0 aromatic heterocycles. The van der Waals surface area contributed by atoms with Gasteiger partial charge in [-0.2, -0.15) is 12.1 Å². The first-order valence-corrected chi connectivity index (χ1v) is 31.1. The minimum absolute atomic E-state index is 0. The fourth-order valence-electron chi connectivity index (χ4n) is 10.0. The van der Waals surface area contributed by atoms with E-state index in [9.17, 15) is 0 Å². The Morgan fingerprint density at radius 2 is 0.618 bits per heavy atom. The summed E-state index contributed by atoms with van der Waals surface area (Å²) in [5.41, 5.74) is 24.5. The number of aryl methyl sites for hydroxylation is 10. The van der Waals surface area contributed by atoms with E-state index >= 15 is 0 Å². The smallest absolute Gasteiger partial charge is 1.00 e. The third-order valence-corrected chi connectivity index (χ3v) is 12.7. The Labute approximate surface area is 439 Å². The average Bonchev–Trinajstić information content (AvgIpc) is 3.87. The van der Waals surface area contributed by atoms with Gasteiger partial charge in [-0.15, -0.1) is 44.8 Å². The molecule has 8 rings (SSSR count). The van der Waals surface area contributed by atoms with Crippen LogP contribution in [-0.4, -0.2) is 5.43 Å². The van der Waals surface area contributed by atoms with Gasteiger partial charge in [0.15, 0.2) is 0 Å². The molecule has 0 N–H and O–H groups in total. The fourth-order valence-corrected chi connectivity index (χ4v) is 10.0. The molecule has 0 amide bonds. The molecule has 0 fully saturated rings. The van der Waals surface area contributed by atoms with Crippen LogP contribution >= 0.6 is 0 Å². The molecule has 0 nitrogen and oxygen atoms in total. The van der Waals surface area contributed by atoms with Gasteiger partial charge in [0.2, 0.25) is 0 Å². The number of unbranched alkanes of at least 4 members (excludes halogenated alkanes) is 6. The predicted octanol–water partition coefficient (Wildman–Crippen LogP) is 13.3. The van der Waals surface area contributed by atoms with Crippen molar-refractivity contribution >= 4 is 27.0 Å². The van der Waals surface area contributed by atoms with Gasteiger partial charge in [-0.3, -0.25) is 0 Å². The van der Waals surface area contributed by atoms with E-state index in [-0.39, 0.29) is 30.2 Å². The molecule has 0 atom stereocenters. The second kappa shape index (κ2) is 27.0. The molecule has 356 valence electrons. The number of halogens is 2. The molecular formula is C64H76Cl2SiZr-2. The molecule has 0 heterocycles. The second-order valence-corrected chi connectivity index (χ2v) is 29.2. The molecule has 0 saturated heterocycles. The van der Waals surface area contributed by atoms with E-state index in [0.717, 1.165) is 0 Å². The molecule has 0 bridgehead atoms. The average molecular weight is 1040 g/mol. The van der Waals surface area contributed by atoms with E-state index in [2.05, 4.69) is 204 Å². The van der Waals surface area contributed by atoms with E-state index in [0.29, 0.717) is 0 Å². The molecule has 4 heteroatoms. The Bertz CT molecular complexity index is 2470. The minimum Gasteiger partial charge on any atom is -1.00 e. The molecule has 0 unspecified atom stereocenters. The zero-order chi connectivity index (χ0) is 47.5. The molecular weight excluding hydrogens is 959 g/mol. The third kappa shape index (κ3) is 15.6. The summed E-state index contributed by atoms with van der Waals surface area (Å²) in [6, 6.07) is 46.8. The van der Waals surface area contributed by atoms with E-state index in [1.807, 2.05) is 0 Å². The van der Waals surface area contributed by atoms with Crippen LogP contribution in [0.25, 0.3) is 66.1 Å². The van der Waals surface area contributed by atoms with Crippen molar-refractivity contribution in [3.8, 4) is 44.5 Å². The molecule has 8 aromatic carbocycles. The number of rotatable bonds is 14. The Morgan fingerprint density at radius 3 is 0.882 bits per heavy atom. The maximum absolute atomic E-state index is 2.46. The van der Waals surface area contributed by atoms with E-state index in [1.165, 1.54) is 186 Å². The van der Waals surface area contributed by atoms with Crippen molar-refractivity contribution in [3.05, 3.63) is 177 Å². The van der Waals surface area contributed by atoms with Crippen molar-refractivity contribution in [1.82, 2.24) is 0 Å². The van der Waals surface area contributed by atoms with Crippen LogP contribution in [0.1, 0.15) is 121 Å². The van der Waals surface area contributed by atoms with E-state index in [1.54, 1.807) is 23.3 Å². The maximum atomic E-state index is 2.46. The monoisotopic (exact) mass is 1030 g/mol. The van der Waals surface area contributed by atoms with Crippen molar-refractivity contribution in [2.24, 2.45) is 0 Å². The zero-order valence-electron chi connectivity index (χ0n) is 43.4. The molecule has 0 aliphatic heterocycles. The zero-order valence-corrected chi connectivity index (χ0v) is 48.3. The largest absolute Gasteiger partial charge is 1.00 e. The van der Waals surface area contributed by atoms with Crippen LogP contribution in [0.5, 0.6) is 0 Å². The molecule has 68 heavy (non-hydrogen) atoms. The first-order chi connectivity index (χ1) is 31.6. The van der Waals surface area contributed by atoms with Gasteiger partial charge in [0.25, 0.3) is 0 Å². The molecule has 0 aliphatic carbocycles. The predicted molar refractivity (Wildman–Crippen MR) is 292 cm³/mol. The normalized spacial score (nSPS) is 10.8. The topological polar surface area (TPSA) is 0 Å². The minimum atomic E-state index is 0. The first-order valence-electron chi connectivity index (χ1n) is 24.9. The number of benzene rings is 6. The summed E-state index contributed by atoms with van der Waals surface area (Å²) in [7, 11) is 0. The van der Waals surface area contributed by atoms with Gasteiger partial charge in [-0.25, -0.2) is 0 Å². The molecule has 0 saturated carbocycles. The van der Waals surface area contributed by atoms with Gasteiger partial charge in [0.05, 0.1) is 0 Å². The SMILES string of the molecule is CCCCCCc1cc2c(-c3cc(C)cc(C)c3)ccc(-c3cc(C)cc(C)c3)c2[cH-]1.CCCCCCc1cc2c(-c3cc(C)cc(C)c3)ccc(-c3cc(C)cc(C)c3)c2[cH-]1.C[Si](C)=[Zr+2].[Cl-].[Cl-]. The number of hydrogen-bond donors (Lipinski definition) is 0. The van der Waals surface area contributed by atoms with Crippen LogP contribution < -0.4 is 24.8 Å². The van der Waals surface area contributed by atoms with Gasteiger partial charge >= 0.3 is 41.9 Å². The third-order valence-electron chi connectivity index (χ3n) is 12.7. The number of hydrogen-bond acceptors (Lipinski definition) is 0. The van der Waals surface area contributed by atoms with Crippen molar-refractivity contribution in [1.29, 1.82) is 0 Å². The Hall–Kier alpha value is -3.78. The number of fused-ring (bicyclic) bond motifs is 2. The van der Waals surface area contributed by atoms with Crippen LogP contribution in [0.15, 0.2) is 121 Å². The summed E-state index contributed by atoms with van der Waals surface area (Å²) in [4.78, 5) is 0. The summed E-state index contributed by atoms with van der Waals surface area (Å²) in [6.07, 6.45) is 12.8. The summed E-state index contributed by atoms with van der Waals surface area (Å²) in [5.74, 6) is 0. The van der Waals surface area contributed by atoms with Crippen molar-refractivity contribution in [2.45, 2.75) is 147 Å². The maximum Gasteiger partial charge on any atom is -1.00 e. The van der Waals surface area contributed by atoms with Gasteiger partial charge in [0.1, 0.15) is 0 Å². The van der Waals surface area contributed by atoms with Gasteiger partial charge < -0.3 is 24.8 Å². The molecule has 8 aromatic rings. The van der Waals surface area contributed by atoms with Gasteiger partial charge in [0, 0.05) is 0 Å². The molecule has 0 spiro atoms. The summed E-state index contributed by atoms with van der Waals surface area (Å²) in [6.45, 7) is 26.7. The van der Waals surface area contributed by atoms with Crippen LogP contribution in [0.2, 0.25) is 13.1 Å². The van der Waals surface area contributed by atoms with Crippen LogP contribution in [0, 0.1) is 55.4 Å². The summed E-state index contributed by atoms with van der Waals surface area (Å²) in [5, 5.41) is 5.58. The Kier molecular flexibility index (Phi) is 22.5. The second-order valence-electron chi connectivity index (χ2n) is 19.8. The van der Waals surface area contributed by atoms with Crippen molar-refractivity contribution in [2.75, 3.05) is 0 Å². The van der Waals surface area contributed by atoms with Gasteiger partial charge in [-0.1, -0.05) is 240 Å². The Morgan fingerprint density at radius 1 is 0.368 bits per heavy atom. The van der Waals surface area contributed by atoms with Crippen molar-refractivity contribution in [3.63, 3.8) is 0 Å². The van der Waals surface area contributed by atoms with E-state index in [4.69, 9.17) is 0 Å². The van der Waals surface area contributed by atoms with Crippen LogP contribution in [0.3, 0.4) is 0 Å². The Balaban J connectivity index is 0.000000268. The fraction of sp³-hybridized carbons (Fsp3) is 0.344. The van der Waals surface area contributed by atoms with Gasteiger partial charge in [-0.05, 0) is 79.4 Å². The quantitative estimate of drug-likeness (QED) is 0.0578. The molecule has 0 aliphatic rings. The van der Waals surface area contributed by atoms with E-state index < -0.39 is 0 Å². The van der Waals surface area contributed by atoms with Crippen LogP contribution in [-0.2, 0) is 36.2 Å². The summed E-state index contributed by atoms with van der Waals surface area (Å²) < 4.78 is 0. The van der Waals surface area contributed by atoms with Crippen LogP contribution in [0.4, 0.5) is 0 Å².